The van der Waals surface area contributed by atoms with Crippen LogP contribution in [0.1, 0.15) is 18.4 Å². The van der Waals surface area contributed by atoms with E-state index in [9.17, 15) is 4.79 Å². The maximum atomic E-state index is 13.2. The van der Waals surface area contributed by atoms with Crippen LogP contribution >= 0.6 is 0 Å². The van der Waals surface area contributed by atoms with E-state index >= 15 is 0 Å². The zero-order valence-electron chi connectivity index (χ0n) is 19.2. The van der Waals surface area contributed by atoms with Gasteiger partial charge in [0.15, 0.2) is 11.5 Å². The first-order valence-corrected chi connectivity index (χ1v) is 11.0. The van der Waals surface area contributed by atoms with Gasteiger partial charge in [0.2, 0.25) is 0 Å². The normalized spacial score (nSPS) is 20.8. The standard InChI is InChI=1S/C26H31N3O3/c1-27(2)21-12-14-28(15-13-21)23-10-9-22-7-5-6-19(17-26(30)29(22)18-23)20-8-11-24(31-3)25(16-20)32-4/h5-11,16-18,21H,12-15H2,1-4H3/b6-5?,19-17?,22-7+. The van der Waals surface area contributed by atoms with E-state index in [1.165, 1.54) is 0 Å². The lowest BCUT2D eigenvalue weighted by atomic mass is 10.0. The van der Waals surface area contributed by atoms with Crippen molar-refractivity contribution in [3.63, 3.8) is 0 Å². The van der Waals surface area contributed by atoms with Gasteiger partial charge in [0.05, 0.1) is 19.9 Å². The number of methoxy groups -OCH3 is 2. The van der Waals surface area contributed by atoms with Gasteiger partial charge < -0.3 is 19.3 Å². The molecular weight excluding hydrogens is 402 g/mol. The number of benzene rings is 1. The van der Waals surface area contributed by atoms with Crippen LogP contribution in [0, 0.1) is 0 Å². The molecule has 0 radical (unpaired) electrons. The molecule has 3 aliphatic rings. The highest BCUT2D eigenvalue weighted by Crippen LogP contribution is 2.32. The number of nitrogens with zero attached hydrogens (tertiary/aromatic N) is 3. The Labute approximate surface area is 190 Å². The Bertz CT molecular complexity index is 1020. The second kappa shape index (κ2) is 9.49. The van der Waals surface area contributed by atoms with E-state index < -0.39 is 0 Å². The molecule has 0 N–H and O–H groups in total. The zero-order valence-corrected chi connectivity index (χ0v) is 19.2. The van der Waals surface area contributed by atoms with Gasteiger partial charge in [-0.25, -0.2) is 0 Å². The third-order valence-electron chi connectivity index (χ3n) is 6.30. The maximum Gasteiger partial charge on any atom is 0.255 e. The molecule has 6 nitrogen and oxygen atoms in total. The number of hydrogen-bond donors (Lipinski definition) is 0. The van der Waals surface area contributed by atoms with Crippen LogP contribution < -0.4 is 9.47 Å². The molecule has 0 saturated carbocycles. The van der Waals surface area contributed by atoms with Crippen molar-refractivity contribution in [1.29, 1.82) is 0 Å². The first kappa shape index (κ1) is 22.0. The van der Waals surface area contributed by atoms with Crippen LogP contribution in [0.2, 0.25) is 0 Å². The number of ether oxygens (including phenoxy) is 2. The fourth-order valence-electron chi connectivity index (χ4n) is 4.35. The summed E-state index contributed by atoms with van der Waals surface area (Å²) in [5.74, 6) is 1.22. The number of fused-ring (bicyclic) bond motifs is 1. The highest BCUT2D eigenvalue weighted by atomic mass is 16.5. The van der Waals surface area contributed by atoms with Gasteiger partial charge in [-0.15, -0.1) is 0 Å². The monoisotopic (exact) mass is 433 g/mol. The van der Waals surface area contributed by atoms with Crippen molar-refractivity contribution in [3.8, 4) is 11.5 Å². The second-order valence-electron chi connectivity index (χ2n) is 8.40. The lowest BCUT2D eigenvalue weighted by molar-refractivity contribution is -0.122. The van der Waals surface area contributed by atoms with E-state index in [1.807, 2.05) is 48.7 Å². The van der Waals surface area contributed by atoms with Crippen LogP contribution in [0.4, 0.5) is 0 Å². The van der Waals surface area contributed by atoms with Crippen LogP contribution in [0.5, 0.6) is 11.5 Å². The van der Waals surface area contributed by atoms with E-state index in [0.717, 1.165) is 48.5 Å². The summed E-state index contributed by atoms with van der Waals surface area (Å²) in [7, 11) is 7.51. The molecule has 0 aliphatic carbocycles. The molecule has 1 aromatic carbocycles. The molecule has 1 fully saturated rings. The number of piperidine rings is 1. The summed E-state index contributed by atoms with van der Waals surface area (Å²) in [6.07, 6.45) is 15.9. The number of amides is 1. The van der Waals surface area contributed by atoms with Crippen LogP contribution in [0.3, 0.4) is 0 Å². The van der Waals surface area contributed by atoms with Gasteiger partial charge >= 0.3 is 0 Å². The topological polar surface area (TPSA) is 45.2 Å². The minimum Gasteiger partial charge on any atom is -0.493 e. The van der Waals surface area contributed by atoms with Gasteiger partial charge in [-0.05, 0) is 68.4 Å². The van der Waals surface area contributed by atoms with Crippen LogP contribution in [0.25, 0.3) is 5.57 Å². The summed E-state index contributed by atoms with van der Waals surface area (Å²) in [5.41, 5.74) is 3.66. The van der Waals surface area contributed by atoms with E-state index in [1.54, 1.807) is 25.2 Å². The number of carbonyl (C=O) groups excluding carboxylic acids is 1. The average Bonchev–Trinajstić information content (AvgIpc) is 2.81. The predicted molar refractivity (Wildman–Crippen MR) is 127 cm³/mol. The SMILES string of the molecule is COc1ccc(C2=CC(=O)N3C=C(N4CCC(N(C)C)CC4)C=C/C3=C\C=C2)cc1OC. The van der Waals surface area contributed by atoms with Crippen LogP contribution in [-0.4, -0.2) is 68.1 Å². The number of carbonyl (C=O) groups is 1. The molecule has 3 heterocycles. The third kappa shape index (κ3) is 4.50. The molecule has 0 bridgehead atoms. The largest absolute Gasteiger partial charge is 0.493 e. The molecule has 1 saturated heterocycles. The first-order valence-electron chi connectivity index (χ1n) is 11.0. The third-order valence-corrected chi connectivity index (χ3v) is 6.30. The molecule has 32 heavy (non-hydrogen) atoms. The molecule has 6 heteroatoms. The summed E-state index contributed by atoms with van der Waals surface area (Å²) in [4.78, 5) is 19.7. The molecule has 3 aliphatic heterocycles. The number of allylic oxidation sites excluding steroid dienone is 6. The zero-order chi connectivity index (χ0) is 22.7. The Morgan fingerprint density at radius 1 is 0.969 bits per heavy atom. The smallest absolute Gasteiger partial charge is 0.255 e. The Morgan fingerprint density at radius 2 is 1.69 bits per heavy atom. The summed E-state index contributed by atoms with van der Waals surface area (Å²) >= 11 is 0. The van der Waals surface area contributed by atoms with E-state index in [0.29, 0.717) is 17.5 Å². The van der Waals surface area contributed by atoms with Gasteiger partial charge in [-0.2, -0.15) is 0 Å². The van der Waals surface area contributed by atoms with Crippen molar-refractivity contribution in [3.05, 3.63) is 77.8 Å². The summed E-state index contributed by atoms with van der Waals surface area (Å²) < 4.78 is 10.8. The maximum absolute atomic E-state index is 13.2. The summed E-state index contributed by atoms with van der Waals surface area (Å²) in [6, 6.07) is 6.30. The number of rotatable bonds is 5. The fraction of sp³-hybridized carbons (Fsp3) is 0.346. The molecular formula is C26H31N3O3. The lowest BCUT2D eigenvalue weighted by Crippen LogP contribution is -2.42. The van der Waals surface area contributed by atoms with Gasteiger partial charge in [-0.1, -0.05) is 18.2 Å². The Morgan fingerprint density at radius 3 is 2.38 bits per heavy atom. The highest BCUT2D eigenvalue weighted by molar-refractivity contribution is 6.00. The van der Waals surface area contributed by atoms with Crippen molar-refractivity contribution in [1.82, 2.24) is 14.7 Å². The van der Waals surface area contributed by atoms with Gasteiger partial charge in [0.25, 0.3) is 5.91 Å². The molecule has 168 valence electrons. The molecule has 0 unspecified atom stereocenters. The highest BCUT2D eigenvalue weighted by Gasteiger charge is 2.25. The summed E-state index contributed by atoms with van der Waals surface area (Å²) in [5, 5.41) is 0. The van der Waals surface area contributed by atoms with E-state index in [-0.39, 0.29) is 5.91 Å². The number of likely N-dealkylation sites (tertiary alicyclic amines) is 1. The molecule has 0 spiro atoms. The van der Waals surface area contributed by atoms with Crippen LogP contribution in [-0.2, 0) is 4.79 Å². The van der Waals surface area contributed by atoms with Crippen molar-refractivity contribution in [2.45, 2.75) is 18.9 Å². The van der Waals surface area contributed by atoms with Gasteiger partial charge in [-0.3, -0.25) is 9.69 Å². The van der Waals surface area contributed by atoms with Crippen molar-refractivity contribution in [2.24, 2.45) is 0 Å². The molecule has 0 atom stereocenters. The first-order chi connectivity index (χ1) is 15.5. The lowest BCUT2D eigenvalue weighted by Gasteiger charge is -2.38. The fourth-order valence-corrected chi connectivity index (χ4v) is 4.35. The molecule has 1 amide bonds. The number of hydrogen-bond acceptors (Lipinski definition) is 5. The quantitative estimate of drug-likeness (QED) is 0.707. The van der Waals surface area contributed by atoms with Crippen molar-refractivity contribution in [2.75, 3.05) is 41.4 Å². The summed E-state index contributed by atoms with van der Waals surface area (Å²) in [6.45, 7) is 1.99. The van der Waals surface area contributed by atoms with Crippen molar-refractivity contribution >= 4 is 11.5 Å². The van der Waals surface area contributed by atoms with Crippen molar-refractivity contribution < 1.29 is 14.3 Å². The average molecular weight is 434 g/mol. The van der Waals surface area contributed by atoms with E-state index in [2.05, 4.69) is 30.0 Å². The predicted octanol–water partition coefficient (Wildman–Crippen LogP) is 3.81. The Kier molecular flexibility index (Phi) is 6.51. The molecule has 4 rings (SSSR count). The minimum absolute atomic E-state index is 0.0737. The Hall–Kier alpha value is -3.25. The minimum atomic E-state index is -0.0737. The van der Waals surface area contributed by atoms with E-state index in [4.69, 9.17) is 9.47 Å². The van der Waals surface area contributed by atoms with Gasteiger partial charge in [0.1, 0.15) is 0 Å². The van der Waals surface area contributed by atoms with Crippen LogP contribution in [0.15, 0.2) is 72.2 Å². The molecule has 1 aromatic rings. The molecule has 0 aromatic heterocycles. The van der Waals surface area contributed by atoms with Gasteiger partial charge in [0, 0.05) is 37.1 Å². The second-order valence-corrected chi connectivity index (χ2v) is 8.40. The Balaban J connectivity index is 1.58.